The van der Waals surface area contributed by atoms with Gasteiger partial charge in [0, 0.05) is 43.4 Å². The molecule has 0 unspecified atom stereocenters. The van der Waals surface area contributed by atoms with Crippen LogP contribution in [0.15, 0.2) is 36.4 Å². The van der Waals surface area contributed by atoms with E-state index in [2.05, 4.69) is 23.1 Å². The summed E-state index contributed by atoms with van der Waals surface area (Å²) in [5, 5.41) is 9.29. The highest BCUT2D eigenvalue weighted by molar-refractivity contribution is 5.94. The first-order valence-electron chi connectivity index (χ1n) is 9.61. The summed E-state index contributed by atoms with van der Waals surface area (Å²) in [6.07, 6.45) is 4.15. The van der Waals surface area contributed by atoms with Gasteiger partial charge < -0.3 is 14.9 Å². The molecule has 5 nitrogen and oxygen atoms in total. The number of nitrogens with zero attached hydrogens (tertiary/aromatic N) is 3. The summed E-state index contributed by atoms with van der Waals surface area (Å²) < 4.78 is 13.5. The number of carbonyl (C=O) groups excluding carboxylic acids is 1. The second-order valence-electron chi connectivity index (χ2n) is 7.35. The third-order valence-electron chi connectivity index (χ3n) is 5.58. The second kappa shape index (κ2) is 7.55. The van der Waals surface area contributed by atoms with Gasteiger partial charge in [-0.05, 0) is 56.0 Å². The number of rotatable bonds is 3. The van der Waals surface area contributed by atoms with Gasteiger partial charge in [-0.2, -0.15) is 0 Å². The number of anilines is 1. The first-order chi connectivity index (χ1) is 13.1. The molecule has 1 aromatic carbocycles. The van der Waals surface area contributed by atoms with Crippen molar-refractivity contribution in [1.29, 1.82) is 0 Å². The molecule has 2 saturated heterocycles. The zero-order valence-corrected chi connectivity index (χ0v) is 15.3. The molecule has 1 aromatic heterocycles. The van der Waals surface area contributed by atoms with E-state index in [1.165, 1.54) is 25.0 Å². The number of halogens is 1. The average molecular weight is 369 g/mol. The molecule has 142 valence electrons. The van der Waals surface area contributed by atoms with Crippen molar-refractivity contribution in [3.8, 4) is 5.75 Å². The molecule has 1 amide bonds. The predicted octanol–water partition coefficient (Wildman–Crippen LogP) is 3.55. The number of likely N-dealkylation sites (tertiary alicyclic amines) is 1. The second-order valence-corrected chi connectivity index (χ2v) is 7.35. The summed E-state index contributed by atoms with van der Waals surface area (Å²) >= 11 is 0. The van der Waals surface area contributed by atoms with Gasteiger partial charge in [0.15, 0.2) is 11.6 Å². The topological polar surface area (TPSA) is 56.7 Å². The molecule has 2 aliphatic rings. The van der Waals surface area contributed by atoms with Crippen LogP contribution in [0.3, 0.4) is 0 Å². The molecule has 2 aromatic rings. The number of amides is 1. The average Bonchev–Trinajstić information content (AvgIpc) is 3.25. The Labute approximate surface area is 158 Å². The first-order valence-corrected chi connectivity index (χ1v) is 9.61. The van der Waals surface area contributed by atoms with E-state index in [1.807, 2.05) is 0 Å². The predicted molar refractivity (Wildman–Crippen MR) is 102 cm³/mol. The molecule has 2 aliphatic heterocycles. The van der Waals surface area contributed by atoms with Crippen LogP contribution < -0.4 is 4.90 Å². The molecule has 1 N–H and O–H groups in total. The lowest BCUT2D eigenvalue weighted by Crippen LogP contribution is -2.38. The lowest BCUT2D eigenvalue weighted by Gasteiger charge is -2.32. The largest absolute Gasteiger partial charge is 0.505 e. The molecule has 2 fully saturated rings. The Morgan fingerprint density at radius 3 is 2.52 bits per heavy atom. The quantitative estimate of drug-likeness (QED) is 0.899. The Bertz CT molecular complexity index is 828. The van der Waals surface area contributed by atoms with Crippen molar-refractivity contribution in [2.45, 2.75) is 31.6 Å². The minimum absolute atomic E-state index is 0.189. The highest BCUT2D eigenvalue weighted by Crippen LogP contribution is 2.29. The Hall–Kier alpha value is -2.63. The zero-order chi connectivity index (χ0) is 18.8. The van der Waals surface area contributed by atoms with Crippen molar-refractivity contribution in [3.63, 3.8) is 0 Å². The molecule has 0 bridgehead atoms. The molecule has 0 saturated carbocycles. The summed E-state index contributed by atoms with van der Waals surface area (Å²) in [7, 11) is 0. The van der Waals surface area contributed by atoms with Gasteiger partial charge in [0.2, 0.25) is 0 Å². The molecule has 27 heavy (non-hydrogen) atoms. The fraction of sp³-hybridized carbons (Fsp3) is 0.429. The van der Waals surface area contributed by atoms with Gasteiger partial charge in [-0.15, -0.1) is 0 Å². The minimum atomic E-state index is -0.765. The molecule has 0 aliphatic carbocycles. The van der Waals surface area contributed by atoms with Crippen LogP contribution in [0.1, 0.15) is 47.7 Å². The maximum absolute atomic E-state index is 13.5. The van der Waals surface area contributed by atoms with E-state index in [1.54, 1.807) is 4.90 Å². The number of hydrogen-bond donors (Lipinski definition) is 1. The van der Waals surface area contributed by atoms with Gasteiger partial charge in [-0.3, -0.25) is 4.79 Å². The summed E-state index contributed by atoms with van der Waals surface area (Å²) in [6.45, 7) is 3.41. The number of hydrogen-bond acceptors (Lipinski definition) is 4. The van der Waals surface area contributed by atoms with Gasteiger partial charge in [-0.1, -0.05) is 6.07 Å². The Balaban J connectivity index is 1.40. The number of phenolic OH excluding ortho intramolecular Hbond substituents is 1. The number of carbonyl (C=O) groups is 1. The monoisotopic (exact) mass is 369 g/mol. The Kier molecular flexibility index (Phi) is 4.97. The Morgan fingerprint density at radius 1 is 1.07 bits per heavy atom. The van der Waals surface area contributed by atoms with Crippen LogP contribution in [0, 0.1) is 5.82 Å². The van der Waals surface area contributed by atoms with Crippen LogP contribution in [0.4, 0.5) is 10.2 Å². The highest BCUT2D eigenvalue weighted by Gasteiger charge is 2.26. The van der Waals surface area contributed by atoms with Crippen LogP contribution in [0.2, 0.25) is 0 Å². The van der Waals surface area contributed by atoms with Gasteiger partial charge >= 0.3 is 0 Å². The van der Waals surface area contributed by atoms with Gasteiger partial charge in [-0.25, -0.2) is 9.37 Å². The minimum Gasteiger partial charge on any atom is -0.505 e. The summed E-state index contributed by atoms with van der Waals surface area (Å²) in [5.41, 5.74) is 1.38. The number of pyridine rings is 1. The third-order valence-corrected chi connectivity index (χ3v) is 5.58. The molecular formula is C21H24FN3O2. The molecule has 0 atom stereocenters. The molecular weight excluding hydrogens is 345 g/mol. The van der Waals surface area contributed by atoms with Crippen LogP contribution >= 0.6 is 0 Å². The summed E-state index contributed by atoms with van der Waals surface area (Å²) in [6, 6.07) is 10.0. The van der Waals surface area contributed by atoms with Crippen molar-refractivity contribution >= 4 is 11.7 Å². The van der Waals surface area contributed by atoms with Crippen molar-refractivity contribution < 1.29 is 14.3 Å². The maximum Gasteiger partial charge on any atom is 0.253 e. The fourth-order valence-electron chi connectivity index (χ4n) is 3.99. The van der Waals surface area contributed by atoms with E-state index >= 15 is 0 Å². The smallest absolute Gasteiger partial charge is 0.253 e. The lowest BCUT2D eigenvalue weighted by molar-refractivity contribution is 0.0711. The summed E-state index contributed by atoms with van der Waals surface area (Å²) in [5.74, 6) is 0.00948. The fourth-order valence-corrected chi connectivity index (χ4v) is 3.99. The van der Waals surface area contributed by atoms with Crippen molar-refractivity contribution in [2.24, 2.45) is 0 Å². The number of benzene rings is 1. The third kappa shape index (κ3) is 3.75. The molecule has 0 radical (unpaired) electrons. The highest BCUT2D eigenvalue weighted by atomic mass is 19.1. The number of aromatic hydroxyl groups is 1. The van der Waals surface area contributed by atoms with Crippen molar-refractivity contribution in [1.82, 2.24) is 9.88 Å². The van der Waals surface area contributed by atoms with E-state index in [-0.39, 0.29) is 11.5 Å². The normalized spacial score (nSPS) is 18.1. The zero-order valence-electron chi connectivity index (χ0n) is 15.3. The molecule has 6 heteroatoms. The molecule has 4 rings (SSSR count). The maximum atomic E-state index is 13.5. The standard InChI is InChI=1S/C21H24FN3O2/c22-17-14-16(6-7-19(17)26)21(27)25-12-8-15(9-13-25)18-4-3-5-20(23-18)24-10-1-2-11-24/h3-7,14-15,26H,1-2,8-13H2. The van der Waals surface area contributed by atoms with Gasteiger partial charge in [0.1, 0.15) is 5.82 Å². The number of aromatic nitrogens is 1. The molecule has 3 heterocycles. The van der Waals surface area contributed by atoms with Crippen LogP contribution in [0.25, 0.3) is 0 Å². The molecule has 0 spiro atoms. The number of piperidine rings is 1. The van der Waals surface area contributed by atoms with Gasteiger partial charge in [0.05, 0.1) is 0 Å². The van der Waals surface area contributed by atoms with Crippen LogP contribution in [0.5, 0.6) is 5.75 Å². The van der Waals surface area contributed by atoms with Gasteiger partial charge in [0.25, 0.3) is 5.91 Å². The van der Waals surface area contributed by atoms with Crippen molar-refractivity contribution in [3.05, 3.63) is 53.5 Å². The lowest BCUT2D eigenvalue weighted by atomic mass is 9.92. The first kappa shape index (κ1) is 17.8. The van der Waals surface area contributed by atoms with Crippen molar-refractivity contribution in [2.75, 3.05) is 31.1 Å². The number of phenols is 1. The van der Waals surface area contributed by atoms with E-state index in [0.29, 0.717) is 19.0 Å². The van der Waals surface area contributed by atoms with E-state index in [9.17, 15) is 14.3 Å². The van der Waals surface area contributed by atoms with Crippen LogP contribution in [-0.2, 0) is 0 Å². The Morgan fingerprint density at radius 2 is 1.81 bits per heavy atom. The van der Waals surface area contributed by atoms with E-state index in [0.717, 1.165) is 43.5 Å². The SMILES string of the molecule is O=C(c1ccc(O)c(F)c1)N1CCC(c2cccc(N3CCCC3)n2)CC1. The van der Waals surface area contributed by atoms with E-state index < -0.39 is 11.6 Å². The van der Waals surface area contributed by atoms with Crippen LogP contribution in [-0.4, -0.2) is 47.1 Å². The summed E-state index contributed by atoms with van der Waals surface area (Å²) in [4.78, 5) is 21.6. The van der Waals surface area contributed by atoms with E-state index in [4.69, 9.17) is 4.98 Å².